The molecule has 5 nitrogen and oxygen atoms in total. The molecule has 5 heteroatoms. The second-order valence-electron chi connectivity index (χ2n) is 5.43. The molecule has 0 aliphatic rings. The van der Waals surface area contributed by atoms with Gasteiger partial charge in [-0.15, -0.1) is 0 Å². The number of pyridine rings is 1. The molecule has 0 saturated heterocycles. The van der Waals surface area contributed by atoms with E-state index in [0.29, 0.717) is 11.3 Å². The number of carbonyl (C=O) groups excluding carboxylic acids is 2. The fourth-order valence-corrected chi connectivity index (χ4v) is 2.17. The second-order valence-corrected chi connectivity index (χ2v) is 5.43. The largest absolute Gasteiger partial charge is 0.340 e. The van der Waals surface area contributed by atoms with Gasteiger partial charge in [-0.25, -0.2) is 0 Å². The van der Waals surface area contributed by atoms with E-state index < -0.39 is 6.04 Å². The molecule has 2 rings (SSSR count). The molecule has 0 aliphatic carbocycles. The zero-order valence-electron chi connectivity index (χ0n) is 13.3. The number of hydrogen-bond acceptors (Lipinski definition) is 3. The Balaban J connectivity index is 2.10. The van der Waals surface area contributed by atoms with Crippen molar-refractivity contribution in [3.8, 4) is 0 Å². The van der Waals surface area contributed by atoms with E-state index in [9.17, 15) is 9.59 Å². The summed E-state index contributed by atoms with van der Waals surface area (Å²) >= 11 is 0. The highest BCUT2D eigenvalue weighted by Gasteiger charge is 2.26. The summed E-state index contributed by atoms with van der Waals surface area (Å²) in [5.74, 6) is -0.458. The maximum atomic E-state index is 12.5. The Morgan fingerprint density at radius 2 is 1.74 bits per heavy atom. The van der Waals surface area contributed by atoms with Crippen molar-refractivity contribution in [3.05, 3.63) is 60.4 Å². The highest BCUT2D eigenvalue weighted by atomic mass is 16.2. The van der Waals surface area contributed by atoms with Crippen molar-refractivity contribution in [2.24, 2.45) is 5.92 Å². The maximum absolute atomic E-state index is 12.5. The van der Waals surface area contributed by atoms with Gasteiger partial charge >= 0.3 is 0 Å². The Bertz CT molecular complexity index is 644. The van der Waals surface area contributed by atoms with E-state index in [-0.39, 0.29) is 17.7 Å². The SMILES string of the molecule is CC[C@@H](C)[C@H](NC(=O)c1ccccc1)C(=O)Nc1ccncc1. The number of anilines is 1. The monoisotopic (exact) mass is 311 g/mol. The lowest BCUT2D eigenvalue weighted by atomic mass is 9.97. The van der Waals surface area contributed by atoms with Crippen LogP contribution >= 0.6 is 0 Å². The molecule has 0 fully saturated rings. The number of rotatable bonds is 6. The fourth-order valence-electron chi connectivity index (χ4n) is 2.17. The smallest absolute Gasteiger partial charge is 0.251 e. The predicted octanol–water partition coefficient (Wildman–Crippen LogP) is 2.86. The molecule has 0 unspecified atom stereocenters. The molecule has 2 aromatic rings. The molecule has 2 amide bonds. The summed E-state index contributed by atoms with van der Waals surface area (Å²) in [5.41, 5.74) is 1.20. The third-order valence-electron chi connectivity index (χ3n) is 3.77. The molecule has 0 saturated carbocycles. The third-order valence-corrected chi connectivity index (χ3v) is 3.77. The van der Waals surface area contributed by atoms with E-state index in [1.807, 2.05) is 19.9 Å². The number of nitrogens with one attached hydrogen (secondary N) is 2. The van der Waals surface area contributed by atoms with Gasteiger partial charge in [0.2, 0.25) is 5.91 Å². The van der Waals surface area contributed by atoms with Crippen LogP contribution in [0.15, 0.2) is 54.9 Å². The number of amides is 2. The summed E-state index contributed by atoms with van der Waals surface area (Å²) in [5, 5.41) is 5.66. The van der Waals surface area contributed by atoms with Crippen molar-refractivity contribution in [2.45, 2.75) is 26.3 Å². The Labute approximate surface area is 136 Å². The molecule has 1 aromatic heterocycles. The third kappa shape index (κ3) is 4.64. The zero-order chi connectivity index (χ0) is 16.7. The van der Waals surface area contributed by atoms with Crippen molar-refractivity contribution in [3.63, 3.8) is 0 Å². The average Bonchev–Trinajstić information content (AvgIpc) is 2.60. The van der Waals surface area contributed by atoms with Gasteiger partial charge < -0.3 is 10.6 Å². The van der Waals surface area contributed by atoms with Gasteiger partial charge in [-0.1, -0.05) is 38.5 Å². The van der Waals surface area contributed by atoms with E-state index in [0.717, 1.165) is 6.42 Å². The first-order valence-electron chi connectivity index (χ1n) is 7.68. The molecule has 0 aliphatic heterocycles. The minimum Gasteiger partial charge on any atom is -0.340 e. The minimum atomic E-state index is -0.596. The molecule has 0 radical (unpaired) electrons. The van der Waals surface area contributed by atoms with Crippen LogP contribution in [0.2, 0.25) is 0 Å². The molecular weight excluding hydrogens is 290 g/mol. The average molecular weight is 311 g/mol. The number of carbonyl (C=O) groups is 2. The number of hydrogen-bond donors (Lipinski definition) is 2. The first kappa shape index (κ1) is 16.7. The quantitative estimate of drug-likeness (QED) is 0.861. The van der Waals surface area contributed by atoms with Crippen molar-refractivity contribution < 1.29 is 9.59 Å². The van der Waals surface area contributed by atoms with Gasteiger partial charge in [0.1, 0.15) is 6.04 Å². The van der Waals surface area contributed by atoms with Gasteiger partial charge in [0, 0.05) is 23.6 Å². The second kappa shape index (κ2) is 8.08. The highest BCUT2D eigenvalue weighted by molar-refractivity contribution is 6.01. The summed E-state index contributed by atoms with van der Waals surface area (Å²) in [6.07, 6.45) is 4.00. The van der Waals surface area contributed by atoms with Gasteiger partial charge in [-0.2, -0.15) is 0 Å². The van der Waals surface area contributed by atoms with Crippen LogP contribution in [-0.4, -0.2) is 22.8 Å². The maximum Gasteiger partial charge on any atom is 0.251 e. The van der Waals surface area contributed by atoms with Gasteiger partial charge in [0.05, 0.1) is 0 Å². The molecule has 2 N–H and O–H groups in total. The summed E-state index contributed by atoms with van der Waals surface area (Å²) in [4.78, 5) is 28.8. The van der Waals surface area contributed by atoms with Crippen LogP contribution in [0.1, 0.15) is 30.6 Å². The first-order chi connectivity index (χ1) is 11.1. The highest BCUT2D eigenvalue weighted by Crippen LogP contribution is 2.12. The molecule has 0 spiro atoms. The van der Waals surface area contributed by atoms with E-state index in [4.69, 9.17) is 0 Å². The molecule has 1 aromatic carbocycles. The van der Waals surface area contributed by atoms with E-state index >= 15 is 0 Å². The van der Waals surface area contributed by atoms with E-state index in [1.54, 1.807) is 48.8 Å². The molecule has 23 heavy (non-hydrogen) atoms. The lowest BCUT2D eigenvalue weighted by Crippen LogP contribution is -2.47. The topological polar surface area (TPSA) is 71.1 Å². The number of aromatic nitrogens is 1. The first-order valence-corrected chi connectivity index (χ1v) is 7.68. The van der Waals surface area contributed by atoms with Crippen LogP contribution in [0, 0.1) is 5.92 Å². The summed E-state index contributed by atoms with van der Waals surface area (Å²) in [6.45, 7) is 3.94. The predicted molar refractivity (Wildman–Crippen MR) is 90.0 cm³/mol. The molecule has 120 valence electrons. The van der Waals surface area contributed by atoms with Crippen LogP contribution in [-0.2, 0) is 4.79 Å². The van der Waals surface area contributed by atoms with Crippen LogP contribution in [0.25, 0.3) is 0 Å². The zero-order valence-corrected chi connectivity index (χ0v) is 13.3. The summed E-state index contributed by atoms with van der Waals surface area (Å²) in [6, 6.07) is 11.7. The Morgan fingerprint density at radius 3 is 2.35 bits per heavy atom. The van der Waals surface area contributed by atoms with E-state index in [1.165, 1.54) is 0 Å². The molecule has 0 bridgehead atoms. The molecule has 2 atom stereocenters. The Kier molecular flexibility index (Phi) is 5.86. The van der Waals surface area contributed by atoms with Gasteiger partial charge in [0.15, 0.2) is 0 Å². The summed E-state index contributed by atoms with van der Waals surface area (Å²) in [7, 11) is 0. The van der Waals surface area contributed by atoms with Crippen LogP contribution in [0.3, 0.4) is 0 Å². The lowest BCUT2D eigenvalue weighted by Gasteiger charge is -2.23. The Morgan fingerprint density at radius 1 is 1.09 bits per heavy atom. The van der Waals surface area contributed by atoms with Crippen LogP contribution < -0.4 is 10.6 Å². The van der Waals surface area contributed by atoms with Crippen molar-refractivity contribution in [1.29, 1.82) is 0 Å². The number of nitrogens with zero attached hydrogens (tertiary/aromatic N) is 1. The van der Waals surface area contributed by atoms with E-state index in [2.05, 4.69) is 15.6 Å². The summed E-state index contributed by atoms with van der Waals surface area (Å²) < 4.78 is 0. The standard InChI is InChI=1S/C18H21N3O2/c1-3-13(2)16(18(23)20-15-9-11-19-12-10-15)21-17(22)14-7-5-4-6-8-14/h4-13,16H,3H2,1-2H3,(H,21,22)(H,19,20,23)/t13-,16+/m1/s1. The normalized spacial score (nSPS) is 13.0. The van der Waals surface area contributed by atoms with Gasteiger partial charge in [-0.05, 0) is 30.2 Å². The molecule has 1 heterocycles. The fraction of sp³-hybridized carbons (Fsp3) is 0.278. The number of benzene rings is 1. The van der Waals surface area contributed by atoms with Gasteiger partial charge in [-0.3, -0.25) is 14.6 Å². The molecular formula is C18H21N3O2. The minimum absolute atomic E-state index is 0.0181. The van der Waals surface area contributed by atoms with Crippen molar-refractivity contribution >= 4 is 17.5 Å². The lowest BCUT2D eigenvalue weighted by molar-refractivity contribution is -0.119. The van der Waals surface area contributed by atoms with Crippen LogP contribution in [0.4, 0.5) is 5.69 Å². The van der Waals surface area contributed by atoms with Crippen molar-refractivity contribution in [1.82, 2.24) is 10.3 Å². The Hall–Kier alpha value is -2.69. The van der Waals surface area contributed by atoms with Crippen molar-refractivity contribution in [2.75, 3.05) is 5.32 Å². The van der Waals surface area contributed by atoms with Gasteiger partial charge in [0.25, 0.3) is 5.91 Å². The van der Waals surface area contributed by atoms with Crippen LogP contribution in [0.5, 0.6) is 0 Å².